The van der Waals surface area contributed by atoms with Gasteiger partial charge in [0, 0.05) is 18.3 Å². The minimum atomic E-state index is -0.260. The zero-order valence-electron chi connectivity index (χ0n) is 13.4. The van der Waals surface area contributed by atoms with Gasteiger partial charge in [0.1, 0.15) is 17.8 Å². The molecule has 0 aliphatic carbocycles. The zero-order chi connectivity index (χ0) is 16.8. The van der Waals surface area contributed by atoms with Gasteiger partial charge in [-0.05, 0) is 24.6 Å². The summed E-state index contributed by atoms with van der Waals surface area (Å²) >= 11 is 0. The van der Waals surface area contributed by atoms with Crippen LogP contribution in [-0.4, -0.2) is 15.9 Å². The minimum Gasteiger partial charge on any atom is -0.366 e. The number of carbonyl (C=O) groups is 1. The van der Waals surface area contributed by atoms with E-state index in [0.717, 1.165) is 16.8 Å². The highest BCUT2D eigenvalue weighted by Gasteiger charge is 2.09. The normalized spacial score (nSPS) is 10.2. The molecule has 0 aliphatic rings. The molecule has 5 heteroatoms. The lowest BCUT2D eigenvalue weighted by atomic mass is 10.2. The van der Waals surface area contributed by atoms with Crippen molar-refractivity contribution in [2.45, 2.75) is 13.5 Å². The number of aryl methyl sites for hydroxylation is 1. The lowest BCUT2D eigenvalue weighted by Crippen LogP contribution is -2.14. The number of nitrogens with zero attached hydrogens (tertiary/aromatic N) is 2. The Kier molecular flexibility index (Phi) is 4.81. The summed E-state index contributed by atoms with van der Waals surface area (Å²) in [5.74, 6) is 0.354. The standard InChI is InChI=1S/C19H18N4O/c1-14-7-9-16(10-8-14)23-19(24)17-11-18(22-13-21-17)20-12-15-5-3-2-4-6-15/h2-11,13H,12H2,1H3,(H,23,24)(H,20,21,22). The lowest BCUT2D eigenvalue weighted by molar-refractivity contribution is 0.102. The fraction of sp³-hybridized carbons (Fsp3) is 0.105. The first kappa shape index (κ1) is 15.7. The van der Waals surface area contributed by atoms with Gasteiger partial charge in [-0.25, -0.2) is 9.97 Å². The number of rotatable bonds is 5. The van der Waals surface area contributed by atoms with E-state index in [2.05, 4.69) is 20.6 Å². The van der Waals surface area contributed by atoms with Crippen molar-refractivity contribution < 1.29 is 4.79 Å². The van der Waals surface area contributed by atoms with Crippen molar-refractivity contribution in [3.63, 3.8) is 0 Å². The van der Waals surface area contributed by atoms with Crippen molar-refractivity contribution in [2.75, 3.05) is 10.6 Å². The first-order valence-electron chi connectivity index (χ1n) is 7.68. The van der Waals surface area contributed by atoms with E-state index in [4.69, 9.17) is 0 Å². The molecule has 120 valence electrons. The monoisotopic (exact) mass is 318 g/mol. The molecular weight excluding hydrogens is 300 g/mol. The summed E-state index contributed by atoms with van der Waals surface area (Å²) in [7, 11) is 0. The number of benzene rings is 2. The van der Waals surface area contributed by atoms with Crippen LogP contribution in [0.3, 0.4) is 0 Å². The third kappa shape index (κ3) is 4.16. The molecule has 1 amide bonds. The fourth-order valence-electron chi connectivity index (χ4n) is 2.20. The first-order chi connectivity index (χ1) is 11.7. The van der Waals surface area contributed by atoms with Crippen molar-refractivity contribution in [1.29, 1.82) is 0 Å². The average Bonchev–Trinajstić information content (AvgIpc) is 2.63. The van der Waals surface area contributed by atoms with Gasteiger partial charge in [0.2, 0.25) is 0 Å². The van der Waals surface area contributed by atoms with E-state index < -0.39 is 0 Å². The zero-order valence-corrected chi connectivity index (χ0v) is 13.4. The summed E-state index contributed by atoms with van der Waals surface area (Å²) in [6.45, 7) is 2.64. The van der Waals surface area contributed by atoms with Crippen LogP contribution in [0.25, 0.3) is 0 Å². The van der Waals surface area contributed by atoms with Crippen molar-refractivity contribution in [3.8, 4) is 0 Å². The Hall–Kier alpha value is -3.21. The number of hydrogen-bond acceptors (Lipinski definition) is 4. The Labute approximate surface area is 140 Å². The SMILES string of the molecule is Cc1ccc(NC(=O)c2cc(NCc3ccccc3)ncn2)cc1. The van der Waals surface area contributed by atoms with Gasteiger partial charge in [-0.2, -0.15) is 0 Å². The molecule has 0 fully saturated rings. The van der Waals surface area contributed by atoms with Crippen LogP contribution in [-0.2, 0) is 6.54 Å². The van der Waals surface area contributed by atoms with Gasteiger partial charge in [-0.15, -0.1) is 0 Å². The Morgan fingerprint density at radius 1 is 1.00 bits per heavy atom. The summed E-state index contributed by atoms with van der Waals surface area (Å²) in [5.41, 5.74) is 3.34. The summed E-state index contributed by atoms with van der Waals surface area (Å²) in [6, 6.07) is 19.3. The van der Waals surface area contributed by atoms with E-state index in [0.29, 0.717) is 18.1 Å². The number of aromatic nitrogens is 2. The molecule has 1 aromatic heterocycles. The largest absolute Gasteiger partial charge is 0.366 e. The van der Waals surface area contributed by atoms with Crippen molar-refractivity contribution >= 4 is 17.4 Å². The van der Waals surface area contributed by atoms with Gasteiger partial charge >= 0.3 is 0 Å². The van der Waals surface area contributed by atoms with Crippen molar-refractivity contribution in [2.24, 2.45) is 0 Å². The van der Waals surface area contributed by atoms with Crippen LogP contribution in [0, 0.1) is 6.92 Å². The molecule has 0 aliphatic heterocycles. The smallest absolute Gasteiger partial charge is 0.274 e. The van der Waals surface area contributed by atoms with Crippen LogP contribution in [0.4, 0.5) is 11.5 Å². The number of amides is 1. The highest BCUT2D eigenvalue weighted by molar-refractivity contribution is 6.03. The van der Waals surface area contributed by atoms with Crippen molar-refractivity contribution in [3.05, 3.63) is 83.8 Å². The minimum absolute atomic E-state index is 0.260. The second kappa shape index (κ2) is 7.37. The molecule has 0 saturated carbocycles. The summed E-state index contributed by atoms with van der Waals surface area (Å²) in [4.78, 5) is 20.5. The van der Waals surface area contributed by atoms with Gasteiger partial charge in [0.15, 0.2) is 0 Å². The molecule has 5 nitrogen and oxygen atoms in total. The lowest BCUT2D eigenvalue weighted by Gasteiger charge is -2.08. The molecule has 2 N–H and O–H groups in total. The third-order valence-corrected chi connectivity index (χ3v) is 3.53. The average molecular weight is 318 g/mol. The predicted molar refractivity (Wildman–Crippen MR) is 94.9 cm³/mol. The maximum absolute atomic E-state index is 12.3. The molecule has 3 rings (SSSR count). The molecule has 0 atom stereocenters. The third-order valence-electron chi connectivity index (χ3n) is 3.53. The van der Waals surface area contributed by atoms with Crippen molar-refractivity contribution in [1.82, 2.24) is 9.97 Å². The van der Waals surface area contributed by atoms with E-state index in [1.807, 2.05) is 61.5 Å². The molecule has 3 aromatic rings. The summed E-state index contributed by atoms with van der Waals surface area (Å²) < 4.78 is 0. The second-order valence-corrected chi connectivity index (χ2v) is 5.45. The van der Waals surface area contributed by atoms with Crippen LogP contribution in [0.1, 0.15) is 21.6 Å². The van der Waals surface area contributed by atoms with Crippen LogP contribution in [0.15, 0.2) is 67.0 Å². The van der Waals surface area contributed by atoms with Crippen LogP contribution >= 0.6 is 0 Å². The molecule has 2 aromatic carbocycles. The van der Waals surface area contributed by atoms with Gasteiger partial charge in [0.25, 0.3) is 5.91 Å². The predicted octanol–water partition coefficient (Wildman–Crippen LogP) is 3.65. The number of hydrogen-bond donors (Lipinski definition) is 2. The number of carbonyl (C=O) groups excluding carboxylic acids is 1. The quantitative estimate of drug-likeness (QED) is 0.753. The Morgan fingerprint density at radius 3 is 2.50 bits per heavy atom. The molecule has 0 unspecified atom stereocenters. The van der Waals surface area contributed by atoms with Crippen LogP contribution in [0.2, 0.25) is 0 Å². The van der Waals surface area contributed by atoms with Gasteiger partial charge < -0.3 is 10.6 Å². The Bertz CT molecular complexity index is 816. The van der Waals surface area contributed by atoms with Crippen LogP contribution < -0.4 is 10.6 Å². The maximum atomic E-state index is 12.3. The molecule has 0 bridgehead atoms. The van der Waals surface area contributed by atoms with E-state index in [9.17, 15) is 4.79 Å². The molecule has 24 heavy (non-hydrogen) atoms. The first-order valence-corrected chi connectivity index (χ1v) is 7.68. The van der Waals surface area contributed by atoms with Gasteiger partial charge in [-0.1, -0.05) is 48.0 Å². The summed E-state index contributed by atoms with van der Waals surface area (Å²) in [6.07, 6.45) is 1.39. The highest BCUT2D eigenvalue weighted by atomic mass is 16.1. The molecule has 0 saturated heterocycles. The van der Waals surface area contributed by atoms with Crippen LogP contribution in [0.5, 0.6) is 0 Å². The Morgan fingerprint density at radius 2 is 1.75 bits per heavy atom. The summed E-state index contributed by atoms with van der Waals surface area (Å²) in [5, 5.41) is 6.03. The van der Waals surface area contributed by atoms with E-state index >= 15 is 0 Å². The maximum Gasteiger partial charge on any atom is 0.274 e. The molecular formula is C19H18N4O. The van der Waals surface area contributed by atoms with Gasteiger partial charge in [0.05, 0.1) is 0 Å². The van der Waals surface area contributed by atoms with E-state index in [-0.39, 0.29) is 5.91 Å². The molecule has 1 heterocycles. The van der Waals surface area contributed by atoms with E-state index in [1.165, 1.54) is 6.33 Å². The second-order valence-electron chi connectivity index (χ2n) is 5.45. The van der Waals surface area contributed by atoms with Gasteiger partial charge in [-0.3, -0.25) is 4.79 Å². The number of anilines is 2. The number of nitrogens with one attached hydrogen (secondary N) is 2. The Balaban J connectivity index is 1.65. The molecule has 0 radical (unpaired) electrons. The molecule has 0 spiro atoms. The fourth-order valence-corrected chi connectivity index (χ4v) is 2.20. The highest BCUT2D eigenvalue weighted by Crippen LogP contribution is 2.12. The topological polar surface area (TPSA) is 66.9 Å². The van der Waals surface area contributed by atoms with E-state index in [1.54, 1.807) is 6.07 Å².